The Bertz CT molecular complexity index is 1260. The number of amides is 1. The predicted octanol–water partition coefficient (Wildman–Crippen LogP) is 4.15. The van der Waals surface area contributed by atoms with Gasteiger partial charge in [-0.25, -0.2) is 0 Å². The molecule has 2 aromatic heterocycles. The van der Waals surface area contributed by atoms with Crippen LogP contribution in [0.15, 0.2) is 59.8 Å². The fourth-order valence-corrected chi connectivity index (χ4v) is 4.85. The number of benzene rings is 2. The van der Waals surface area contributed by atoms with E-state index in [1.165, 1.54) is 11.8 Å². The molecule has 8 heteroatoms. The monoisotopic (exact) mass is 447 g/mol. The van der Waals surface area contributed by atoms with E-state index in [4.69, 9.17) is 4.74 Å². The molecule has 1 aliphatic rings. The van der Waals surface area contributed by atoms with Gasteiger partial charge in [-0.3, -0.25) is 9.20 Å². The van der Waals surface area contributed by atoms with E-state index in [1.54, 1.807) is 0 Å². The number of morpholine rings is 1. The van der Waals surface area contributed by atoms with Gasteiger partial charge in [-0.1, -0.05) is 30.0 Å². The molecule has 0 unspecified atom stereocenters. The highest BCUT2D eigenvalue weighted by Crippen LogP contribution is 2.28. The summed E-state index contributed by atoms with van der Waals surface area (Å²) in [6.07, 6.45) is 0. The van der Waals surface area contributed by atoms with E-state index < -0.39 is 0 Å². The molecule has 1 aliphatic heterocycles. The SMILES string of the molecule is Cc1cc2nnc(S[C@@H](C)C(=O)Nc3ccc(N4CCOCC4)cc3)n2c2ccccc12. The van der Waals surface area contributed by atoms with Crippen LogP contribution >= 0.6 is 11.8 Å². The van der Waals surface area contributed by atoms with Crippen molar-refractivity contribution in [2.24, 2.45) is 0 Å². The lowest BCUT2D eigenvalue weighted by atomic mass is 10.1. The maximum absolute atomic E-state index is 12.9. The minimum Gasteiger partial charge on any atom is -0.378 e. The van der Waals surface area contributed by atoms with Gasteiger partial charge in [-0.15, -0.1) is 10.2 Å². The van der Waals surface area contributed by atoms with Crippen LogP contribution in [0.4, 0.5) is 11.4 Å². The number of hydrogen-bond acceptors (Lipinski definition) is 6. The number of para-hydroxylation sites is 1. The summed E-state index contributed by atoms with van der Waals surface area (Å²) in [4.78, 5) is 15.2. The number of pyridine rings is 1. The molecule has 2 aromatic carbocycles. The Morgan fingerprint density at radius 1 is 1.09 bits per heavy atom. The number of nitrogens with one attached hydrogen (secondary N) is 1. The molecule has 1 saturated heterocycles. The molecule has 0 saturated carbocycles. The van der Waals surface area contributed by atoms with Crippen molar-refractivity contribution in [2.45, 2.75) is 24.3 Å². The Labute approximate surface area is 190 Å². The van der Waals surface area contributed by atoms with Crippen molar-refractivity contribution in [3.63, 3.8) is 0 Å². The van der Waals surface area contributed by atoms with Crippen LogP contribution in [-0.2, 0) is 9.53 Å². The van der Waals surface area contributed by atoms with Gasteiger partial charge >= 0.3 is 0 Å². The highest BCUT2D eigenvalue weighted by atomic mass is 32.2. The average Bonchev–Trinajstić information content (AvgIpc) is 3.22. The van der Waals surface area contributed by atoms with Crippen LogP contribution in [-0.4, -0.2) is 52.1 Å². The van der Waals surface area contributed by atoms with E-state index in [1.807, 2.05) is 53.8 Å². The highest BCUT2D eigenvalue weighted by Gasteiger charge is 2.20. The number of nitrogens with zero attached hydrogens (tertiary/aromatic N) is 4. The third-order valence-electron chi connectivity index (χ3n) is 5.74. The fraction of sp³-hybridized carbons (Fsp3) is 0.292. The molecule has 164 valence electrons. The second kappa shape index (κ2) is 8.80. The topological polar surface area (TPSA) is 71.8 Å². The molecule has 0 bridgehead atoms. The van der Waals surface area contributed by atoms with Crippen molar-refractivity contribution in [1.29, 1.82) is 0 Å². The molecule has 0 radical (unpaired) electrons. The Hall–Kier alpha value is -3.10. The molecule has 0 spiro atoms. The van der Waals surface area contributed by atoms with E-state index in [-0.39, 0.29) is 11.2 Å². The van der Waals surface area contributed by atoms with Gasteiger partial charge in [0.25, 0.3) is 0 Å². The zero-order valence-corrected chi connectivity index (χ0v) is 18.9. The van der Waals surface area contributed by atoms with Crippen molar-refractivity contribution in [3.05, 3.63) is 60.2 Å². The summed E-state index contributed by atoms with van der Waals surface area (Å²) in [5.41, 5.74) is 4.91. The first-order valence-electron chi connectivity index (χ1n) is 10.7. The van der Waals surface area contributed by atoms with Crippen molar-refractivity contribution < 1.29 is 9.53 Å². The number of anilines is 2. The van der Waals surface area contributed by atoms with Crippen LogP contribution in [0, 0.1) is 6.92 Å². The molecule has 5 rings (SSSR count). The van der Waals surface area contributed by atoms with Crippen LogP contribution in [0.1, 0.15) is 12.5 Å². The number of carbonyl (C=O) groups excluding carboxylic acids is 1. The van der Waals surface area contributed by atoms with Crippen molar-refractivity contribution in [3.8, 4) is 0 Å². The summed E-state index contributed by atoms with van der Waals surface area (Å²) >= 11 is 1.41. The number of rotatable bonds is 5. The lowest BCUT2D eigenvalue weighted by molar-refractivity contribution is -0.115. The van der Waals surface area contributed by atoms with Crippen LogP contribution in [0.5, 0.6) is 0 Å². The van der Waals surface area contributed by atoms with Gasteiger partial charge < -0.3 is 15.0 Å². The Morgan fingerprint density at radius 2 is 1.84 bits per heavy atom. The molecule has 1 atom stereocenters. The van der Waals surface area contributed by atoms with E-state index in [9.17, 15) is 4.79 Å². The summed E-state index contributed by atoms with van der Waals surface area (Å²) in [7, 11) is 0. The molecule has 1 amide bonds. The summed E-state index contributed by atoms with van der Waals surface area (Å²) < 4.78 is 7.43. The summed E-state index contributed by atoms with van der Waals surface area (Å²) in [5, 5.41) is 13.2. The molecule has 7 nitrogen and oxygen atoms in total. The molecule has 1 fully saturated rings. The number of fused-ring (bicyclic) bond motifs is 3. The molecule has 1 N–H and O–H groups in total. The van der Waals surface area contributed by atoms with Crippen molar-refractivity contribution in [2.75, 3.05) is 36.5 Å². The second-order valence-corrected chi connectivity index (χ2v) is 9.22. The molecule has 0 aliphatic carbocycles. The van der Waals surface area contributed by atoms with E-state index in [2.05, 4.69) is 39.5 Å². The number of carbonyl (C=O) groups is 1. The average molecular weight is 448 g/mol. The standard InChI is InChI=1S/C24H25N5O2S/c1-16-15-22-26-27-24(29(22)21-6-4-3-5-20(16)21)32-17(2)23(30)25-18-7-9-19(10-8-18)28-11-13-31-14-12-28/h3-10,15,17H,11-14H2,1-2H3,(H,25,30)/t17-/m0/s1. The van der Waals surface area contributed by atoms with Gasteiger partial charge in [0.2, 0.25) is 5.91 Å². The molecular weight excluding hydrogens is 422 g/mol. The number of aromatic nitrogens is 3. The van der Waals surface area contributed by atoms with Crippen LogP contribution in [0.3, 0.4) is 0 Å². The molecule has 32 heavy (non-hydrogen) atoms. The normalized spacial score (nSPS) is 15.2. The van der Waals surface area contributed by atoms with Gasteiger partial charge in [-0.2, -0.15) is 0 Å². The molecular formula is C24H25N5O2S. The predicted molar refractivity (Wildman–Crippen MR) is 129 cm³/mol. The summed E-state index contributed by atoms with van der Waals surface area (Å²) in [6, 6.07) is 18.2. The van der Waals surface area contributed by atoms with Crippen LogP contribution in [0.2, 0.25) is 0 Å². The molecule has 3 heterocycles. The third kappa shape index (κ3) is 4.03. The third-order valence-corrected chi connectivity index (χ3v) is 6.78. The number of ether oxygens (including phenoxy) is 1. The lowest BCUT2D eigenvalue weighted by Gasteiger charge is -2.28. The van der Waals surface area contributed by atoms with E-state index in [0.29, 0.717) is 5.16 Å². The van der Waals surface area contributed by atoms with Crippen LogP contribution in [0.25, 0.3) is 16.6 Å². The van der Waals surface area contributed by atoms with Gasteiger partial charge in [0, 0.05) is 29.9 Å². The Morgan fingerprint density at radius 3 is 2.62 bits per heavy atom. The van der Waals surface area contributed by atoms with Gasteiger partial charge in [0.15, 0.2) is 10.8 Å². The maximum atomic E-state index is 12.9. The Kier molecular flexibility index (Phi) is 5.71. The number of thioether (sulfide) groups is 1. The fourth-order valence-electron chi connectivity index (χ4n) is 3.98. The van der Waals surface area contributed by atoms with Gasteiger partial charge in [-0.05, 0) is 55.8 Å². The Balaban J connectivity index is 1.31. The van der Waals surface area contributed by atoms with E-state index in [0.717, 1.165) is 59.8 Å². The minimum atomic E-state index is -0.332. The van der Waals surface area contributed by atoms with Gasteiger partial charge in [0.1, 0.15) is 0 Å². The minimum absolute atomic E-state index is 0.0673. The number of hydrogen-bond donors (Lipinski definition) is 1. The zero-order valence-electron chi connectivity index (χ0n) is 18.1. The highest BCUT2D eigenvalue weighted by molar-refractivity contribution is 8.00. The summed E-state index contributed by atoms with van der Waals surface area (Å²) in [6.45, 7) is 7.24. The zero-order chi connectivity index (χ0) is 22.1. The molecule has 4 aromatic rings. The first-order valence-corrected chi connectivity index (χ1v) is 11.6. The summed E-state index contributed by atoms with van der Waals surface area (Å²) in [5.74, 6) is -0.0673. The largest absolute Gasteiger partial charge is 0.378 e. The van der Waals surface area contributed by atoms with Crippen molar-refractivity contribution >= 4 is 45.6 Å². The van der Waals surface area contributed by atoms with Crippen molar-refractivity contribution in [1.82, 2.24) is 14.6 Å². The second-order valence-electron chi connectivity index (χ2n) is 7.92. The number of aryl methyl sites for hydroxylation is 1. The van der Waals surface area contributed by atoms with E-state index >= 15 is 0 Å². The smallest absolute Gasteiger partial charge is 0.237 e. The quantitative estimate of drug-likeness (QED) is 0.464. The lowest BCUT2D eigenvalue weighted by Crippen LogP contribution is -2.36. The van der Waals surface area contributed by atoms with Crippen LogP contribution < -0.4 is 10.2 Å². The maximum Gasteiger partial charge on any atom is 0.237 e. The van der Waals surface area contributed by atoms with Gasteiger partial charge in [0.05, 0.1) is 24.0 Å². The first kappa shape index (κ1) is 20.8. The first-order chi connectivity index (χ1) is 15.6.